The number of pyridine rings is 1. The summed E-state index contributed by atoms with van der Waals surface area (Å²) in [4.78, 5) is 41.0. The maximum atomic E-state index is 13.8. The van der Waals surface area contributed by atoms with Gasteiger partial charge >= 0.3 is 6.03 Å². The number of aryl methyl sites for hydroxylation is 1. The third-order valence-corrected chi connectivity index (χ3v) is 11.9. The predicted molar refractivity (Wildman–Crippen MR) is 189 cm³/mol. The van der Waals surface area contributed by atoms with Crippen LogP contribution in [-0.4, -0.2) is 80.3 Å². The molecular formula is C36H41ClN8O2S. The second kappa shape index (κ2) is 13.2. The molecule has 10 nitrogen and oxygen atoms in total. The fraction of sp³-hybridized carbons (Fsp3) is 0.472. The van der Waals surface area contributed by atoms with Gasteiger partial charge in [-0.15, -0.1) is 0 Å². The van der Waals surface area contributed by atoms with Gasteiger partial charge < -0.3 is 15.1 Å². The lowest BCUT2D eigenvalue weighted by Crippen LogP contribution is -2.44. The molecule has 3 aromatic heterocycles. The highest BCUT2D eigenvalue weighted by molar-refractivity contribution is 7.19. The molecule has 4 aliphatic rings. The van der Waals surface area contributed by atoms with Gasteiger partial charge in [-0.2, -0.15) is 5.10 Å². The van der Waals surface area contributed by atoms with Gasteiger partial charge in [0.1, 0.15) is 0 Å². The Balaban J connectivity index is 1.07. The first kappa shape index (κ1) is 31.5. The third-order valence-electron chi connectivity index (χ3n) is 10.5. The van der Waals surface area contributed by atoms with Crippen molar-refractivity contribution in [3.8, 4) is 27.5 Å². The summed E-state index contributed by atoms with van der Waals surface area (Å²) in [6.07, 6.45) is 14.4. The molecule has 8 rings (SSSR count). The molecule has 2 N–H and O–H groups in total. The van der Waals surface area contributed by atoms with E-state index in [1.807, 2.05) is 53.2 Å². The molecule has 3 amide bonds. The molecule has 48 heavy (non-hydrogen) atoms. The van der Waals surface area contributed by atoms with Crippen LogP contribution in [0.3, 0.4) is 0 Å². The number of thiazole rings is 1. The van der Waals surface area contributed by atoms with Crippen molar-refractivity contribution in [3.63, 3.8) is 0 Å². The largest absolute Gasteiger partial charge is 0.339 e. The van der Waals surface area contributed by atoms with Crippen molar-refractivity contribution in [3.05, 3.63) is 64.6 Å². The number of rotatable bonds is 8. The zero-order valence-corrected chi connectivity index (χ0v) is 28.8. The fourth-order valence-electron chi connectivity index (χ4n) is 7.63. The van der Waals surface area contributed by atoms with E-state index in [0.29, 0.717) is 34.2 Å². The number of carbonyl (C=O) groups excluding carboxylic acids is 2. The second-order valence-electron chi connectivity index (χ2n) is 13.7. The number of nitrogens with one attached hydrogen (secondary N) is 2. The summed E-state index contributed by atoms with van der Waals surface area (Å²) in [7, 11) is 1.92. The molecule has 3 aliphatic carbocycles. The van der Waals surface area contributed by atoms with E-state index in [1.54, 1.807) is 6.20 Å². The van der Waals surface area contributed by atoms with Crippen molar-refractivity contribution in [2.75, 3.05) is 32.0 Å². The molecule has 1 aromatic carbocycles. The quantitative estimate of drug-likeness (QED) is 0.211. The molecule has 0 unspecified atom stereocenters. The molecule has 0 spiro atoms. The zero-order chi connectivity index (χ0) is 32.8. The molecule has 2 saturated carbocycles. The molecule has 0 bridgehead atoms. The Hall–Kier alpha value is -3.80. The lowest BCUT2D eigenvalue weighted by Gasteiger charge is -2.38. The SMILES string of the molecule is CN(C(=O)c1ccc(-n2nc(-c3cccnc3)c3c2-c2sc(NC(=O)NCC4CC4)nc2CC3)cc1Cl)[C@H]1CC[C@@H](N2CCCC2)CC1. The smallest absolute Gasteiger partial charge is 0.321 e. The van der Waals surface area contributed by atoms with Crippen molar-refractivity contribution in [1.82, 2.24) is 34.9 Å². The number of nitrogens with zero attached hydrogens (tertiary/aromatic N) is 6. The van der Waals surface area contributed by atoms with Crippen LogP contribution in [0.15, 0.2) is 42.7 Å². The van der Waals surface area contributed by atoms with Crippen LogP contribution in [0.4, 0.5) is 9.93 Å². The van der Waals surface area contributed by atoms with Crippen molar-refractivity contribution in [1.29, 1.82) is 0 Å². The van der Waals surface area contributed by atoms with Crippen LogP contribution in [0.2, 0.25) is 5.02 Å². The summed E-state index contributed by atoms with van der Waals surface area (Å²) >= 11 is 8.38. The summed E-state index contributed by atoms with van der Waals surface area (Å²) < 4.78 is 1.91. The van der Waals surface area contributed by atoms with E-state index in [4.69, 9.17) is 21.7 Å². The number of hydrogen-bond acceptors (Lipinski definition) is 7. The van der Waals surface area contributed by atoms with E-state index < -0.39 is 0 Å². The lowest BCUT2D eigenvalue weighted by atomic mass is 9.89. The minimum atomic E-state index is -0.227. The van der Waals surface area contributed by atoms with E-state index in [-0.39, 0.29) is 18.0 Å². The number of likely N-dealkylation sites (tertiary alicyclic amines) is 1. The Kier molecular flexibility index (Phi) is 8.69. The molecule has 1 saturated heterocycles. The number of amides is 3. The van der Waals surface area contributed by atoms with Crippen LogP contribution < -0.4 is 10.6 Å². The van der Waals surface area contributed by atoms with Crippen molar-refractivity contribution in [2.45, 2.75) is 76.3 Å². The standard InChI is InChI=1S/C36H41ClN8O2S/c1-43(24-8-10-25(11-9-24)44-17-2-3-18-44)34(46)27-13-12-26(19-29(27)37)45-32-28(31(42-45)23-5-4-16-38-21-23)14-15-30-33(32)48-36(40-30)41-35(47)39-20-22-6-7-22/h4-5,12-13,16,19,21-22,24-25H,2-3,6-11,14-15,17-18,20H2,1H3,(H2,39,40,41,47)/t24-,25+. The summed E-state index contributed by atoms with van der Waals surface area (Å²) in [5.41, 5.74) is 6.01. The van der Waals surface area contributed by atoms with Gasteiger partial charge in [-0.1, -0.05) is 22.9 Å². The Bertz CT molecular complexity index is 1820. The van der Waals surface area contributed by atoms with E-state index >= 15 is 0 Å². The minimum absolute atomic E-state index is 0.0462. The first-order valence-corrected chi connectivity index (χ1v) is 18.5. The summed E-state index contributed by atoms with van der Waals surface area (Å²) in [6, 6.07) is 10.2. The van der Waals surface area contributed by atoms with Crippen LogP contribution in [0.1, 0.15) is 73.0 Å². The van der Waals surface area contributed by atoms with Crippen LogP contribution >= 0.6 is 22.9 Å². The monoisotopic (exact) mass is 684 g/mol. The summed E-state index contributed by atoms with van der Waals surface area (Å²) in [6.45, 7) is 3.13. The third kappa shape index (κ3) is 6.23. The van der Waals surface area contributed by atoms with Gasteiger partial charge in [0.05, 0.1) is 38.2 Å². The first-order valence-electron chi connectivity index (χ1n) is 17.3. The van der Waals surface area contributed by atoms with E-state index in [0.717, 1.165) is 77.3 Å². The molecule has 4 heterocycles. The number of benzene rings is 1. The number of aromatic nitrogens is 4. The number of anilines is 1. The average Bonchev–Trinajstić information content (AvgIpc) is 3.44. The fourth-order valence-corrected chi connectivity index (χ4v) is 8.95. The van der Waals surface area contributed by atoms with E-state index in [1.165, 1.54) is 50.1 Å². The van der Waals surface area contributed by atoms with Crippen LogP contribution in [0, 0.1) is 5.92 Å². The maximum Gasteiger partial charge on any atom is 0.321 e. The summed E-state index contributed by atoms with van der Waals surface area (Å²) in [5.74, 6) is 0.548. The molecule has 4 aromatic rings. The zero-order valence-electron chi connectivity index (χ0n) is 27.3. The predicted octanol–water partition coefficient (Wildman–Crippen LogP) is 6.82. The van der Waals surface area contributed by atoms with Gasteiger partial charge in [0.2, 0.25) is 0 Å². The maximum absolute atomic E-state index is 13.8. The normalized spacial score (nSPS) is 20.6. The molecule has 1 aliphatic heterocycles. The topological polar surface area (TPSA) is 108 Å². The van der Waals surface area contributed by atoms with Crippen molar-refractivity contribution >= 4 is 40.0 Å². The van der Waals surface area contributed by atoms with Gasteiger partial charge in [-0.05, 0) is 114 Å². The highest BCUT2D eigenvalue weighted by atomic mass is 35.5. The Morgan fingerprint density at radius 3 is 2.60 bits per heavy atom. The first-order chi connectivity index (χ1) is 23.4. The number of fused-ring (bicyclic) bond motifs is 3. The molecule has 0 radical (unpaired) electrons. The molecule has 3 fully saturated rings. The van der Waals surface area contributed by atoms with Gasteiger partial charge in [0.15, 0.2) is 5.13 Å². The van der Waals surface area contributed by atoms with Gasteiger partial charge in [0.25, 0.3) is 5.91 Å². The average molecular weight is 685 g/mol. The molecular weight excluding hydrogens is 644 g/mol. The highest BCUT2D eigenvalue weighted by Gasteiger charge is 2.33. The number of carbonyl (C=O) groups is 2. The van der Waals surface area contributed by atoms with E-state index in [2.05, 4.69) is 20.5 Å². The molecule has 12 heteroatoms. The van der Waals surface area contributed by atoms with Crippen LogP contribution in [-0.2, 0) is 12.8 Å². The Morgan fingerprint density at radius 2 is 1.88 bits per heavy atom. The number of hydrogen-bond donors (Lipinski definition) is 2. The second-order valence-corrected chi connectivity index (χ2v) is 15.1. The van der Waals surface area contributed by atoms with Crippen molar-refractivity contribution in [2.24, 2.45) is 5.92 Å². The van der Waals surface area contributed by atoms with Gasteiger partial charge in [-0.25, -0.2) is 14.5 Å². The lowest BCUT2D eigenvalue weighted by molar-refractivity contribution is 0.0646. The molecule has 250 valence electrons. The number of urea groups is 1. The number of halogens is 1. The highest BCUT2D eigenvalue weighted by Crippen LogP contribution is 2.44. The van der Waals surface area contributed by atoms with E-state index in [9.17, 15) is 9.59 Å². The van der Waals surface area contributed by atoms with Gasteiger partial charge in [-0.3, -0.25) is 15.1 Å². The van der Waals surface area contributed by atoms with Crippen molar-refractivity contribution < 1.29 is 9.59 Å². The Morgan fingerprint density at radius 1 is 1.06 bits per heavy atom. The summed E-state index contributed by atoms with van der Waals surface area (Å²) in [5, 5.41) is 12.0. The minimum Gasteiger partial charge on any atom is -0.339 e. The molecule has 0 atom stereocenters. The van der Waals surface area contributed by atoms with Crippen LogP contribution in [0.5, 0.6) is 0 Å². The van der Waals surface area contributed by atoms with Gasteiger partial charge in [0, 0.05) is 49.2 Å². The van der Waals surface area contributed by atoms with Crippen LogP contribution in [0.25, 0.3) is 27.5 Å². The Labute approximate surface area is 289 Å².